The van der Waals surface area contributed by atoms with E-state index in [4.69, 9.17) is 10.5 Å². The molecule has 0 saturated heterocycles. The van der Waals surface area contributed by atoms with Crippen molar-refractivity contribution in [2.75, 3.05) is 13.7 Å². The Morgan fingerprint density at radius 2 is 1.95 bits per heavy atom. The Balaban J connectivity index is 2.79. The van der Waals surface area contributed by atoms with Crippen LogP contribution in [0.4, 0.5) is 0 Å². The summed E-state index contributed by atoms with van der Waals surface area (Å²) in [7, 11) is 1.20. The van der Waals surface area contributed by atoms with E-state index in [-0.39, 0.29) is 17.9 Å². The number of nitrogens with one attached hydrogen (secondary N) is 1. The van der Waals surface area contributed by atoms with E-state index in [0.29, 0.717) is 0 Å². The highest BCUT2D eigenvalue weighted by molar-refractivity contribution is 5.95. The Kier molecular flexibility index (Phi) is 5.52. The Morgan fingerprint density at radius 3 is 2.50 bits per heavy atom. The van der Waals surface area contributed by atoms with Crippen LogP contribution in [0.15, 0.2) is 24.3 Å². The van der Waals surface area contributed by atoms with Crippen LogP contribution in [-0.2, 0) is 14.3 Å². The zero-order valence-corrected chi connectivity index (χ0v) is 11.2. The second-order valence-electron chi connectivity index (χ2n) is 3.95. The number of hydrogen-bond donors (Lipinski definition) is 2. The molecule has 1 aromatic carbocycles. The van der Waals surface area contributed by atoms with Gasteiger partial charge in [-0.1, -0.05) is 12.1 Å². The Labute approximate surface area is 116 Å². The van der Waals surface area contributed by atoms with Crippen molar-refractivity contribution in [3.63, 3.8) is 0 Å². The maximum Gasteiger partial charge on any atom is 0.331 e. The number of para-hydroxylation sites is 1. The summed E-state index contributed by atoms with van der Waals surface area (Å²) in [6.45, 7) is 1.10. The third-order valence-corrected chi connectivity index (χ3v) is 2.42. The predicted octanol–water partition coefficient (Wildman–Crippen LogP) is -0.158. The largest absolute Gasteiger partial charge is 0.490 e. The predicted molar refractivity (Wildman–Crippen MR) is 70.1 cm³/mol. The molecule has 0 aliphatic heterocycles. The van der Waals surface area contributed by atoms with Crippen LogP contribution in [0.25, 0.3) is 0 Å². The minimum atomic E-state index is -0.960. The highest BCUT2D eigenvalue weighted by Crippen LogP contribution is 2.17. The number of nitrogens with two attached hydrogens (primary N) is 1. The number of ether oxygens (including phenoxy) is 2. The highest BCUT2D eigenvalue weighted by atomic mass is 16.5. The summed E-state index contributed by atoms with van der Waals surface area (Å²) in [6.07, 6.45) is 0. The molecule has 1 unspecified atom stereocenters. The van der Waals surface area contributed by atoms with Crippen LogP contribution in [-0.4, -0.2) is 37.5 Å². The fourth-order valence-corrected chi connectivity index (χ4v) is 1.53. The first kappa shape index (κ1) is 15.5. The maximum atomic E-state index is 11.5. The molecule has 1 rings (SSSR count). The van der Waals surface area contributed by atoms with Crippen molar-refractivity contribution >= 4 is 17.8 Å². The molecule has 0 aliphatic rings. The average molecular weight is 280 g/mol. The summed E-state index contributed by atoms with van der Waals surface area (Å²) < 4.78 is 9.92. The number of primary amides is 1. The summed E-state index contributed by atoms with van der Waals surface area (Å²) in [5.41, 5.74) is 5.40. The Hall–Kier alpha value is -2.57. The Bertz CT molecular complexity index is 515. The first-order valence-electron chi connectivity index (χ1n) is 5.82. The van der Waals surface area contributed by atoms with Gasteiger partial charge in [-0.2, -0.15) is 0 Å². The molecule has 2 amide bonds. The van der Waals surface area contributed by atoms with Gasteiger partial charge in [0.25, 0.3) is 5.91 Å². The molecule has 0 spiro atoms. The van der Waals surface area contributed by atoms with Gasteiger partial charge in [0.15, 0.2) is 6.04 Å². The average Bonchev–Trinajstić information content (AvgIpc) is 2.42. The van der Waals surface area contributed by atoms with Gasteiger partial charge in [0.1, 0.15) is 12.4 Å². The standard InChI is InChI=1S/C13H16N2O5/c1-8(16)15-10(13(18)19-2)7-20-11-6-4-3-5-9(11)12(14)17/h3-6,10H,7H2,1-2H3,(H2,14,17)(H,15,16). The molecule has 0 bridgehead atoms. The van der Waals surface area contributed by atoms with Crippen molar-refractivity contribution in [2.45, 2.75) is 13.0 Å². The monoisotopic (exact) mass is 280 g/mol. The van der Waals surface area contributed by atoms with Gasteiger partial charge in [-0.25, -0.2) is 4.79 Å². The number of hydrogen-bond acceptors (Lipinski definition) is 5. The van der Waals surface area contributed by atoms with E-state index in [2.05, 4.69) is 10.1 Å². The van der Waals surface area contributed by atoms with Gasteiger partial charge in [0.05, 0.1) is 12.7 Å². The van der Waals surface area contributed by atoms with Crippen LogP contribution in [0.5, 0.6) is 5.75 Å². The minimum Gasteiger partial charge on any atom is -0.490 e. The Morgan fingerprint density at radius 1 is 1.30 bits per heavy atom. The fraction of sp³-hybridized carbons (Fsp3) is 0.308. The molecule has 7 heteroatoms. The SMILES string of the molecule is COC(=O)C(COc1ccccc1C(N)=O)NC(C)=O. The maximum absolute atomic E-state index is 11.5. The van der Waals surface area contributed by atoms with E-state index in [1.165, 1.54) is 20.1 Å². The molecule has 108 valence electrons. The third kappa shape index (κ3) is 4.27. The zero-order chi connectivity index (χ0) is 15.1. The van der Waals surface area contributed by atoms with Crippen molar-refractivity contribution in [1.82, 2.24) is 5.32 Å². The lowest BCUT2D eigenvalue weighted by atomic mass is 10.2. The van der Waals surface area contributed by atoms with Crippen molar-refractivity contribution in [2.24, 2.45) is 5.73 Å². The van der Waals surface area contributed by atoms with E-state index in [1.807, 2.05) is 0 Å². The van der Waals surface area contributed by atoms with Crippen LogP contribution in [0.3, 0.4) is 0 Å². The summed E-state index contributed by atoms with van der Waals surface area (Å²) in [4.78, 5) is 33.7. The lowest BCUT2D eigenvalue weighted by molar-refractivity contribution is -0.145. The van der Waals surface area contributed by atoms with Crippen LogP contribution >= 0.6 is 0 Å². The zero-order valence-electron chi connectivity index (χ0n) is 11.2. The summed E-state index contributed by atoms with van der Waals surface area (Å²) in [6, 6.07) is 5.38. The second-order valence-corrected chi connectivity index (χ2v) is 3.95. The van der Waals surface area contributed by atoms with Gasteiger partial charge in [-0.05, 0) is 12.1 Å². The number of esters is 1. The molecule has 0 fully saturated rings. The summed E-state index contributed by atoms with van der Waals surface area (Å²) in [5, 5.41) is 2.39. The number of benzene rings is 1. The van der Waals surface area contributed by atoms with Gasteiger partial charge in [0.2, 0.25) is 5.91 Å². The quantitative estimate of drug-likeness (QED) is 0.704. The first-order valence-corrected chi connectivity index (χ1v) is 5.82. The van der Waals surface area contributed by atoms with Gasteiger partial charge in [-0.3, -0.25) is 9.59 Å². The number of carbonyl (C=O) groups excluding carboxylic acids is 3. The number of amides is 2. The fourth-order valence-electron chi connectivity index (χ4n) is 1.53. The molecule has 1 aromatic rings. The summed E-state index contributed by atoms with van der Waals surface area (Å²) >= 11 is 0. The molecule has 20 heavy (non-hydrogen) atoms. The van der Waals surface area contributed by atoms with Gasteiger partial charge < -0.3 is 20.5 Å². The molecule has 0 aromatic heterocycles. The smallest absolute Gasteiger partial charge is 0.331 e. The van der Waals surface area contributed by atoms with Crippen LogP contribution < -0.4 is 15.8 Å². The van der Waals surface area contributed by atoms with Crippen molar-refractivity contribution in [3.05, 3.63) is 29.8 Å². The first-order chi connectivity index (χ1) is 9.45. The van der Waals surface area contributed by atoms with Crippen LogP contribution in [0.1, 0.15) is 17.3 Å². The molecule has 7 nitrogen and oxygen atoms in total. The van der Waals surface area contributed by atoms with E-state index in [0.717, 1.165) is 0 Å². The lowest BCUT2D eigenvalue weighted by Crippen LogP contribution is -2.44. The second kappa shape index (κ2) is 7.13. The van der Waals surface area contributed by atoms with Crippen LogP contribution in [0.2, 0.25) is 0 Å². The van der Waals surface area contributed by atoms with E-state index >= 15 is 0 Å². The molecule has 0 radical (unpaired) electrons. The number of carbonyl (C=O) groups is 3. The summed E-state index contributed by atoms with van der Waals surface area (Å²) in [5.74, 6) is -1.45. The molecule has 1 atom stereocenters. The molecule has 3 N–H and O–H groups in total. The van der Waals surface area contributed by atoms with E-state index in [1.54, 1.807) is 18.2 Å². The number of methoxy groups -OCH3 is 1. The van der Waals surface area contributed by atoms with Crippen molar-refractivity contribution in [3.8, 4) is 5.75 Å². The van der Waals surface area contributed by atoms with Crippen molar-refractivity contribution < 1.29 is 23.9 Å². The third-order valence-electron chi connectivity index (χ3n) is 2.42. The molecule has 0 saturated carbocycles. The van der Waals surface area contributed by atoms with Gasteiger partial charge in [-0.15, -0.1) is 0 Å². The lowest BCUT2D eigenvalue weighted by Gasteiger charge is -2.17. The van der Waals surface area contributed by atoms with Crippen molar-refractivity contribution in [1.29, 1.82) is 0 Å². The van der Waals surface area contributed by atoms with Gasteiger partial charge in [0, 0.05) is 6.92 Å². The van der Waals surface area contributed by atoms with E-state index in [9.17, 15) is 14.4 Å². The van der Waals surface area contributed by atoms with E-state index < -0.39 is 23.8 Å². The molecule has 0 heterocycles. The number of rotatable bonds is 6. The molecule has 0 aliphatic carbocycles. The van der Waals surface area contributed by atoms with Gasteiger partial charge >= 0.3 is 5.97 Å². The minimum absolute atomic E-state index is 0.170. The van der Waals surface area contributed by atoms with Crippen LogP contribution in [0, 0.1) is 0 Å². The highest BCUT2D eigenvalue weighted by Gasteiger charge is 2.21. The molecular weight excluding hydrogens is 264 g/mol. The topological polar surface area (TPSA) is 108 Å². The normalized spacial score (nSPS) is 11.3. The molecular formula is C13H16N2O5.